The fourth-order valence-electron chi connectivity index (χ4n) is 2.22. The Kier molecular flexibility index (Phi) is 5.25. The lowest BCUT2D eigenvalue weighted by molar-refractivity contribution is -0.188. The van der Waals surface area contributed by atoms with E-state index in [4.69, 9.17) is 5.11 Å². The van der Waals surface area contributed by atoms with E-state index in [-0.39, 0.29) is 0 Å². The third-order valence-corrected chi connectivity index (χ3v) is 3.47. The summed E-state index contributed by atoms with van der Waals surface area (Å²) in [5.74, 6) is 0. The molecule has 6 heteroatoms. The second-order valence-corrected chi connectivity index (χ2v) is 5.13. The number of hydrogen-bond acceptors (Lipinski definition) is 3. The quantitative estimate of drug-likeness (QED) is 0.924. The third kappa shape index (κ3) is 5.06. The molecule has 3 nitrogen and oxygen atoms in total. The zero-order valence-corrected chi connectivity index (χ0v) is 11.6. The molecule has 1 aliphatic heterocycles. The molecule has 1 atom stereocenters. The smallest absolute Gasteiger partial charge is 0.380 e. The van der Waals surface area contributed by atoms with Crippen molar-refractivity contribution < 1.29 is 18.3 Å². The zero-order valence-electron chi connectivity index (χ0n) is 11.6. The summed E-state index contributed by atoms with van der Waals surface area (Å²) in [4.78, 5) is 4.07. The molecule has 1 aromatic carbocycles. The molecule has 1 saturated heterocycles. The van der Waals surface area contributed by atoms with Gasteiger partial charge in [-0.1, -0.05) is 30.3 Å². The number of hydrogen-bond donors (Lipinski definition) is 1. The first-order valence-corrected chi connectivity index (χ1v) is 6.88. The van der Waals surface area contributed by atoms with E-state index in [1.807, 2.05) is 18.2 Å². The Labute approximate surface area is 122 Å². The van der Waals surface area contributed by atoms with Gasteiger partial charge in [0.1, 0.15) is 0 Å². The molecular weight excluding hydrogens is 281 g/mol. The van der Waals surface area contributed by atoms with E-state index in [0.717, 1.165) is 25.7 Å². The van der Waals surface area contributed by atoms with Gasteiger partial charge in [0.05, 0.1) is 0 Å². The Morgan fingerprint density at radius 1 is 1.10 bits per heavy atom. The largest absolute Gasteiger partial charge is 0.418 e. The van der Waals surface area contributed by atoms with E-state index in [0.29, 0.717) is 13.1 Å². The van der Waals surface area contributed by atoms with Crippen LogP contribution in [0.5, 0.6) is 0 Å². The molecule has 2 rings (SSSR count). The molecule has 21 heavy (non-hydrogen) atoms. The van der Waals surface area contributed by atoms with Gasteiger partial charge in [-0.3, -0.25) is 4.90 Å². The fourth-order valence-corrected chi connectivity index (χ4v) is 2.22. The first-order valence-electron chi connectivity index (χ1n) is 6.88. The second kappa shape index (κ2) is 6.95. The van der Waals surface area contributed by atoms with Crippen molar-refractivity contribution in [2.45, 2.75) is 18.8 Å². The van der Waals surface area contributed by atoms with Crippen LogP contribution in [0.25, 0.3) is 0 Å². The molecule has 1 aliphatic rings. The van der Waals surface area contributed by atoms with Crippen LogP contribution in [-0.4, -0.2) is 53.4 Å². The molecule has 0 radical (unpaired) electrons. The van der Waals surface area contributed by atoms with Gasteiger partial charge in [0.25, 0.3) is 0 Å². The topological polar surface area (TPSA) is 26.7 Å². The predicted molar refractivity (Wildman–Crippen MR) is 74.5 cm³/mol. The van der Waals surface area contributed by atoms with Crippen molar-refractivity contribution in [3.05, 3.63) is 48.2 Å². The van der Waals surface area contributed by atoms with Crippen molar-refractivity contribution in [3.8, 4) is 0 Å². The van der Waals surface area contributed by atoms with Gasteiger partial charge in [-0.2, -0.15) is 13.2 Å². The van der Waals surface area contributed by atoms with E-state index >= 15 is 0 Å². The molecule has 1 fully saturated rings. The van der Waals surface area contributed by atoms with Gasteiger partial charge in [0, 0.05) is 32.7 Å². The van der Waals surface area contributed by atoms with Gasteiger partial charge in [-0.05, 0) is 17.8 Å². The summed E-state index contributed by atoms with van der Waals surface area (Å²) in [7, 11) is 0. The summed E-state index contributed by atoms with van der Waals surface area (Å²) in [6.45, 7) is 3.76. The van der Waals surface area contributed by atoms with Crippen molar-refractivity contribution in [1.82, 2.24) is 9.80 Å². The molecule has 0 amide bonds. The highest BCUT2D eigenvalue weighted by Crippen LogP contribution is 2.21. The maximum absolute atomic E-state index is 12.2. The molecule has 0 spiro atoms. The van der Waals surface area contributed by atoms with Crippen molar-refractivity contribution in [2.75, 3.05) is 26.2 Å². The first-order chi connectivity index (χ1) is 9.95. The van der Waals surface area contributed by atoms with Gasteiger partial charge >= 0.3 is 6.18 Å². The highest BCUT2D eigenvalue weighted by molar-refractivity contribution is 5.14. The van der Waals surface area contributed by atoms with Crippen LogP contribution in [-0.2, 0) is 6.54 Å². The Morgan fingerprint density at radius 2 is 1.71 bits per heavy atom. The standard InChI is InChI=1S/C15H19F3N2O/c16-15(17,18)14(21)6-7-19-8-10-20(11-9-19)12-13-4-2-1-3-5-13/h1-7,14,21H,8-12H2/b7-6+/t14-/m0/s1. The average Bonchev–Trinajstić information content (AvgIpc) is 2.46. The maximum atomic E-state index is 12.2. The molecule has 0 aromatic heterocycles. The molecule has 0 aliphatic carbocycles. The number of alkyl halides is 3. The van der Waals surface area contributed by atoms with Gasteiger partial charge in [-0.15, -0.1) is 0 Å². The number of aliphatic hydroxyl groups excluding tert-OH is 1. The number of piperazine rings is 1. The minimum absolute atomic E-state index is 0.661. The van der Waals surface area contributed by atoms with Gasteiger partial charge < -0.3 is 10.0 Å². The molecule has 0 bridgehead atoms. The lowest BCUT2D eigenvalue weighted by Crippen LogP contribution is -2.43. The molecule has 1 heterocycles. The summed E-state index contributed by atoms with van der Waals surface area (Å²) >= 11 is 0. The van der Waals surface area contributed by atoms with Crippen molar-refractivity contribution in [3.63, 3.8) is 0 Å². The van der Waals surface area contributed by atoms with E-state index in [9.17, 15) is 13.2 Å². The molecule has 1 N–H and O–H groups in total. The summed E-state index contributed by atoms with van der Waals surface area (Å²) in [6, 6.07) is 10.1. The summed E-state index contributed by atoms with van der Waals surface area (Å²) in [5, 5.41) is 8.91. The van der Waals surface area contributed by atoms with Gasteiger partial charge in [0.2, 0.25) is 0 Å². The number of halogens is 3. The van der Waals surface area contributed by atoms with Crippen LogP contribution < -0.4 is 0 Å². The van der Waals surface area contributed by atoms with Crippen LogP contribution in [0, 0.1) is 0 Å². The zero-order chi connectivity index (χ0) is 15.3. The predicted octanol–water partition coefficient (Wildman–Crippen LogP) is 2.24. The molecule has 1 aromatic rings. The van der Waals surface area contributed by atoms with E-state index < -0.39 is 12.3 Å². The van der Waals surface area contributed by atoms with E-state index in [1.54, 1.807) is 4.90 Å². The molecular formula is C15H19F3N2O. The Balaban J connectivity index is 1.77. The SMILES string of the molecule is O[C@@H](/C=C/N1CCN(Cc2ccccc2)CC1)C(F)(F)F. The van der Waals surface area contributed by atoms with E-state index in [2.05, 4.69) is 17.0 Å². The summed E-state index contributed by atoms with van der Waals surface area (Å²) in [6.07, 6.45) is -4.84. The average molecular weight is 300 g/mol. The fraction of sp³-hybridized carbons (Fsp3) is 0.467. The highest BCUT2D eigenvalue weighted by atomic mass is 19.4. The summed E-state index contributed by atoms with van der Waals surface area (Å²) < 4.78 is 36.5. The Bertz CT molecular complexity index is 454. The molecule has 0 unspecified atom stereocenters. The van der Waals surface area contributed by atoms with E-state index in [1.165, 1.54) is 11.8 Å². The van der Waals surface area contributed by atoms with Crippen LogP contribution in [0.2, 0.25) is 0 Å². The minimum Gasteiger partial charge on any atom is -0.380 e. The normalized spacial score (nSPS) is 19.1. The van der Waals surface area contributed by atoms with Crippen LogP contribution in [0.4, 0.5) is 13.2 Å². The van der Waals surface area contributed by atoms with Crippen LogP contribution in [0.1, 0.15) is 5.56 Å². The second-order valence-electron chi connectivity index (χ2n) is 5.13. The molecule has 0 saturated carbocycles. The lowest BCUT2D eigenvalue weighted by atomic mass is 10.2. The third-order valence-electron chi connectivity index (χ3n) is 3.47. The Hall–Kier alpha value is -1.53. The van der Waals surface area contributed by atoms with Gasteiger partial charge in [-0.25, -0.2) is 0 Å². The van der Waals surface area contributed by atoms with Gasteiger partial charge in [0.15, 0.2) is 6.10 Å². The van der Waals surface area contributed by atoms with Crippen molar-refractivity contribution >= 4 is 0 Å². The van der Waals surface area contributed by atoms with Crippen molar-refractivity contribution in [2.24, 2.45) is 0 Å². The minimum atomic E-state index is -4.59. The number of nitrogens with zero attached hydrogens (tertiary/aromatic N) is 2. The highest BCUT2D eigenvalue weighted by Gasteiger charge is 2.36. The lowest BCUT2D eigenvalue weighted by Gasteiger charge is -2.34. The Morgan fingerprint density at radius 3 is 2.29 bits per heavy atom. The van der Waals surface area contributed by atoms with Crippen LogP contribution in [0.3, 0.4) is 0 Å². The number of rotatable bonds is 4. The first kappa shape index (κ1) is 15.9. The van der Waals surface area contributed by atoms with Crippen LogP contribution in [0.15, 0.2) is 42.6 Å². The van der Waals surface area contributed by atoms with Crippen molar-refractivity contribution in [1.29, 1.82) is 0 Å². The monoisotopic (exact) mass is 300 g/mol. The number of benzene rings is 1. The summed E-state index contributed by atoms with van der Waals surface area (Å²) in [5.41, 5.74) is 1.23. The number of aliphatic hydroxyl groups is 1. The molecule has 116 valence electrons. The van der Waals surface area contributed by atoms with Crippen LogP contribution >= 0.6 is 0 Å². The maximum Gasteiger partial charge on any atom is 0.418 e.